The molecule has 0 saturated heterocycles. The van der Waals surface area contributed by atoms with Crippen LogP contribution in [0, 0.1) is 0 Å². The van der Waals surface area contributed by atoms with Gasteiger partial charge in [-0.25, -0.2) is 9.66 Å². The highest BCUT2D eigenvalue weighted by atomic mass is 79.9. The monoisotopic (exact) mass is 406 g/mol. The predicted molar refractivity (Wildman–Crippen MR) is 106 cm³/mol. The minimum atomic E-state index is -0.145. The molecule has 2 heterocycles. The van der Waals surface area contributed by atoms with Crippen LogP contribution in [0.15, 0.2) is 82.2 Å². The molecule has 0 bridgehead atoms. The summed E-state index contributed by atoms with van der Waals surface area (Å²) in [6.07, 6.45) is 1.69. The molecule has 0 radical (unpaired) electrons. The van der Waals surface area contributed by atoms with E-state index < -0.39 is 0 Å². The summed E-state index contributed by atoms with van der Waals surface area (Å²) in [5.41, 5.74) is 5.40. The van der Waals surface area contributed by atoms with E-state index in [4.69, 9.17) is 0 Å². The van der Waals surface area contributed by atoms with E-state index in [1.165, 1.54) is 4.68 Å². The van der Waals surface area contributed by atoms with Gasteiger partial charge in [-0.3, -0.25) is 9.78 Å². The number of fused-ring (bicyclic) bond motifs is 1. The summed E-state index contributed by atoms with van der Waals surface area (Å²) in [6, 6.07) is 20.8. The fraction of sp³-hybridized carbons (Fsp3) is 0.0500. The third-order valence-electron chi connectivity index (χ3n) is 4.02. The van der Waals surface area contributed by atoms with Gasteiger partial charge in [0.05, 0.1) is 17.4 Å². The van der Waals surface area contributed by atoms with Crippen LogP contribution in [0.1, 0.15) is 5.56 Å². The van der Waals surface area contributed by atoms with E-state index in [1.807, 2.05) is 60.7 Å². The molecule has 0 aliphatic carbocycles. The summed E-state index contributed by atoms with van der Waals surface area (Å²) in [5, 5.41) is 0.565. The van der Waals surface area contributed by atoms with Crippen LogP contribution in [-0.2, 0) is 6.54 Å². The standard InChI is InChI=1S/C20H15BrN4O/c21-15-10-8-14(9-11-15)13-23-25-19(18-7-3-4-12-22-18)24-17-6-2-1-5-16(17)20(25)26/h1-12,23H,13H2. The van der Waals surface area contributed by atoms with Gasteiger partial charge in [0, 0.05) is 10.7 Å². The lowest BCUT2D eigenvalue weighted by Gasteiger charge is -2.15. The fourth-order valence-corrected chi connectivity index (χ4v) is 2.98. The molecule has 0 atom stereocenters. The highest BCUT2D eigenvalue weighted by Crippen LogP contribution is 2.16. The lowest BCUT2D eigenvalue weighted by Crippen LogP contribution is -2.31. The molecule has 2 aromatic heterocycles. The molecule has 2 aromatic carbocycles. The second-order valence-electron chi connectivity index (χ2n) is 5.77. The Balaban J connectivity index is 1.81. The van der Waals surface area contributed by atoms with Crippen molar-refractivity contribution in [2.75, 3.05) is 5.43 Å². The second kappa shape index (κ2) is 7.09. The molecule has 6 heteroatoms. The Kier molecular flexibility index (Phi) is 4.50. The average molecular weight is 407 g/mol. The summed E-state index contributed by atoms with van der Waals surface area (Å²) in [5.74, 6) is 0.492. The third-order valence-corrected chi connectivity index (χ3v) is 4.55. The van der Waals surface area contributed by atoms with Crippen LogP contribution in [0.25, 0.3) is 22.4 Å². The number of para-hydroxylation sites is 1. The molecule has 0 amide bonds. The Morgan fingerprint density at radius 1 is 0.962 bits per heavy atom. The highest BCUT2D eigenvalue weighted by molar-refractivity contribution is 9.10. The minimum Gasteiger partial charge on any atom is -0.317 e. The van der Waals surface area contributed by atoms with Crippen LogP contribution in [0.2, 0.25) is 0 Å². The zero-order chi connectivity index (χ0) is 17.9. The normalized spacial score (nSPS) is 10.8. The van der Waals surface area contributed by atoms with Crippen molar-refractivity contribution in [3.63, 3.8) is 0 Å². The first kappa shape index (κ1) is 16.5. The largest absolute Gasteiger partial charge is 0.317 e. The molecule has 0 unspecified atom stereocenters. The molecule has 26 heavy (non-hydrogen) atoms. The summed E-state index contributed by atoms with van der Waals surface area (Å²) in [6.45, 7) is 0.493. The van der Waals surface area contributed by atoms with E-state index >= 15 is 0 Å². The van der Waals surface area contributed by atoms with E-state index in [9.17, 15) is 4.79 Å². The first-order valence-corrected chi connectivity index (χ1v) is 8.93. The lowest BCUT2D eigenvalue weighted by atomic mass is 10.2. The molecule has 0 aliphatic heterocycles. The molecule has 0 fully saturated rings. The summed E-state index contributed by atoms with van der Waals surface area (Å²) in [7, 11) is 0. The van der Waals surface area contributed by atoms with Gasteiger partial charge in [0.25, 0.3) is 5.56 Å². The van der Waals surface area contributed by atoms with Crippen molar-refractivity contribution in [1.29, 1.82) is 0 Å². The van der Waals surface area contributed by atoms with E-state index in [0.29, 0.717) is 29.0 Å². The van der Waals surface area contributed by atoms with Gasteiger partial charge in [-0.15, -0.1) is 0 Å². The number of pyridine rings is 1. The van der Waals surface area contributed by atoms with E-state index in [-0.39, 0.29) is 5.56 Å². The number of hydrogen-bond acceptors (Lipinski definition) is 4. The Morgan fingerprint density at radius 2 is 1.73 bits per heavy atom. The Bertz CT molecular complexity index is 1110. The van der Waals surface area contributed by atoms with E-state index in [0.717, 1.165) is 10.0 Å². The number of nitrogens with zero attached hydrogens (tertiary/aromatic N) is 3. The van der Waals surface area contributed by atoms with Crippen molar-refractivity contribution in [1.82, 2.24) is 14.6 Å². The van der Waals surface area contributed by atoms with Gasteiger partial charge in [0.2, 0.25) is 0 Å². The molecule has 0 spiro atoms. The van der Waals surface area contributed by atoms with Gasteiger partial charge in [-0.05, 0) is 42.0 Å². The number of hydrogen-bond donors (Lipinski definition) is 1. The van der Waals surface area contributed by atoms with Crippen molar-refractivity contribution in [2.45, 2.75) is 6.54 Å². The van der Waals surface area contributed by atoms with Crippen LogP contribution in [0.3, 0.4) is 0 Å². The van der Waals surface area contributed by atoms with Crippen LogP contribution in [-0.4, -0.2) is 14.6 Å². The predicted octanol–water partition coefficient (Wildman–Crippen LogP) is 3.96. The molecule has 4 rings (SSSR count). The minimum absolute atomic E-state index is 0.145. The van der Waals surface area contributed by atoms with Gasteiger partial charge in [-0.1, -0.05) is 46.3 Å². The molecule has 1 N–H and O–H groups in total. The van der Waals surface area contributed by atoms with Crippen molar-refractivity contribution < 1.29 is 0 Å². The van der Waals surface area contributed by atoms with Crippen LogP contribution in [0.4, 0.5) is 0 Å². The fourth-order valence-electron chi connectivity index (χ4n) is 2.72. The zero-order valence-electron chi connectivity index (χ0n) is 13.8. The van der Waals surface area contributed by atoms with Gasteiger partial charge in [0.15, 0.2) is 5.82 Å². The second-order valence-corrected chi connectivity index (χ2v) is 6.69. The molecule has 5 nitrogen and oxygen atoms in total. The van der Waals surface area contributed by atoms with Crippen molar-refractivity contribution >= 4 is 26.8 Å². The maximum atomic E-state index is 13.0. The highest BCUT2D eigenvalue weighted by Gasteiger charge is 2.13. The smallest absolute Gasteiger partial charge is 0.280 e. The van der Waals surface area contributed by atoms with Crippen molar-refractivity contribution in [2.24, 2.45) is 0 Å². The molecule has 4 aromatic rings. The van der Waals surface area contributed by atoms with E-state index in [1.54, 1.807) is 12.3 Å². The molecular formula is C20H15BrN4O. The van der Waals surface area contributed by atoms with Crippen LogP contribution >= 0.6 is 15.9 Å². The number of nitrogens with one attached hydrogen (secondary N) is 1. The lowest BCUT2D eigenvalue weighted by molar-refractivity contribution is 0.797. The van der Waals surface area contributed by atoms with Crippen molar-refractivity contribution in [3.05, 3.63) is 93.3 Å². The van der Waals surface area contributed by atoms with Gasteiger partial charge < -0.3 is 5.43 Å². The number of benzene rings is 2. The first-order chi connectivity index (χ1) is 12.7. The number of halogens is 1. The maximum absolute atomic E-state index is 13.0. The molecular weight excluding hydrogens is 392 g/mol. The Morgan fingerprint density at radius 3 is 2.50 bits per heavy atom. The molecule has 0 saturated carbocycles. The van der Waals surface area contributed by atoms with Gasteiger partial charge in [-0.2, -0.15) is 0 Å². The van der Waals surface area contributed by atoms with Crippen LogP contribution < -0.4 is 11.0 Å². The van der Waals surface area contributed by atoms with E-state index in [2.05, 4.69) is 31.3 Å². The van der Waals surface area contributed by atoms with Gasteiger partial charge in [0.1, 0.15) is 5.69 Å². The van der Waals surface area contributed by atoms with Gasteiger partial charge >= 0.3 is 0 Å². The number of rotatable bonds is 4. The zero-order valence-corrected chi connectivity index (χ0v) is 15.3. The average Bonchev–Trinajstić information content (AvgIpc) is 2.69. The molecule has 128 valence electrons. The van der Waals surface area contributed by atoms with Crippen molar-refractivity contribution in [3.8, 4) is 11.5 Å². The Hall–Kier alpha value is -2.99. The first-order valence-electron chi connectivity index (χ1n) is 8.14. The third kappa shape index (κ3) is 3.23. The summed E-state index contributed by atoms with van der Waals surface area (Å²) < 4.78 is 2.49. The molecule has 0 aliphatic rings. The quantitative estimate of drug-likeness (QED) is 0.556. The van der Waals surface area contributed by atoms with Crippen LogP contribution in [0.5, 0.6) is 0 Å². The maximum Gasteiger partial charge on any atom is 0.280 e. The topological polar surface area (TPSA) is 59.8 Å². The summed E-state index contributed by atoms with van der Waals surface area (Å²) in [4.78, 5) is 22.0. The summed E-state index contributed by atoms with van der Waals surface area (Å²) >= 11 is 3.43. The Labute approximate surface area is 158 Å². The SMILES string of the molecule is O=c1c2ccccc2nc(-c2ccccn2)n1NCc1ccc(Br)cc1. The number of aromatic nitrogens is 3.